The van der Waals surface area contributed by atoms with E-state index in [2.05, 4.69) is 62.0 Å². The summed E-state index contributed by atoms with van der Waals surface area (Å²) >= 11 is 0. The molecule has 1 aliphatic carbocycles. The van der Waals surface area contributed by atoms with Gasteiger partial charge < -0.3 is 10.6 Å². The molecule has 1 saturated carbocycles. The number of hydrogen-bond acceptors (Lipinski definition) is 6. The van der Waals surface area contributed by atoms with E-state index in [9.17, 15) is 14.4 Å². The summed E-state index contributed by atoms with van der Waals surface area (Å²) in [4.78, 5) is 56.4. The SMILES string of the molecule is O=C(Cc1ccc(-c2nccc3ccccc23)cc1)C1CC(C(=O)Nc2ccc(-c3nccc4ccccc34)cc2)CC(C(=O)Nc2ccc(-c3nccc4ccccc34)cc2)C1. The van der Waals surface area contributed by atoms with Gasteiger partial charge in [-0.3, -0.25) is 29.3 Å². The number of anilines is 2. The maximum absolute atomic E-state index is 14.2. The molecule has 0 bridgehead atoms. The van der Waals surface area contributed by atoms with Crippen molar-refractivity contribution in [3.63, 3.8) is 0 Å². The van der Waals surface area contributed by atoms with E-state index in [0.717, 1.165) is 71.7 Å². The van der Waals surface area contributed by atoms with E-state index in [0.29, 0.717) is 30.6 Å². The minimum atomic E-state index is -0.553. The van der Waals surface area contributed by atoms with Gasteiger partial charge in [0.1, 0.15) is 5.78 Å². The van der Waals surface area contributed by atoms with Crippen LogP contribution in [-0.4, -0.2) is 32.5 Å². The van der Waals surface area contributed by atoms with Crippen LogP contribution >= 0.6 is 0 Å². The molecule has 2 N–H and O–H groups in total. The molecule has 2 amide bonds. The number of carbonyl (C=O) groups is 3. The Morgan fingerprint density at radius 1 is 0.413 bits per heavy atom. The van der Waals surface area contributed by atoms with Gasteiger partial charge in [-0.2, -0.15) is 0 Å². The molecule has 6 aromatic carbocycles. The Balaban J connectivity index is 0.868. The van der Waals surface area contributed by atoms with Gasteiger partial charge in [0.25, 0.3) is 0 Å². The molecule has 0 radical (unpaired) electrons. The Labute approximate surface area is 365 Å². The minimum absolute atomic E-state index is 0.0141. The maximum atomic E-state index is 14.2. The average molecular weight is 822 g/mol. The number of carbonyl (C=O) groups excluding carboxylic acids is 3. The molecule has 9 aromatic rings. The zero-order chi connectivity index (χ0) is 42.7. The third kappa shape index (κ3) is 8.31. The normalized spacial score (nSPS) is 16.2. The highest BCUT2D eigenvalue weighted by Gasteiger charge is 2.39. The number of benzene rings is 6. The van der Waals surface area contributed by atoms with Gasteiger partial charge in [-0.15, -0.1) is 0 Å². The number of ketones is 1. The van der Waals surface area contributed by atoms with E-state index in [1.165, 1.54) is 0 Å². The van der Waals surface area contributed by atoms with Gasteiger partial charge in [-0.05, 0) is 83.4 Å². The van der Waals surface area contributed by atoms with E-state index >= 15 is 0 Å². The molecule has 8 heteroatoms. The Kier molecular flexibility index (Phi) is 10.8. The lowest BCUT2D eigenvalue weighted by Gasteiger charge is -2.33. The van der Waals surface area contributed by atoms with Crippen LogP contribution in [0.4, 0.5) is 11.4 Å². The fourth-order valence-corrected chi connectivity index (χ4v) is 9.10. The highest BCUT2D eigenvalue weighted by atomic mass is 16.2. The zero-order valence-corrected chi connectivity index (χ0v) is 34.4. The van der Waals surface area contributed by atoms with Crippen LogP contribution in [0.15, 0.2) is 182 Å². The van der Waals surface area contributed by atoms with Crippen molar-refractivity contribution in [2.75, 3.05) is 10.6 Å². The molecule has 3 aromatic heterocycles. The van der Waals surface area contributed by atoms with Crippen LogP contribution in [0.1, 0.15) is 24.8 Å². The second kappa shape index (κ2) is 17.3. The van der Waals surface area contributed by atoms with Gasteiger partial charge in [0, 0.05) is 87.0 Å². The number of aromatic nitrogens is 3. The smallest absolute Gasteiger partial charge is 0.227 e. The molecule has 63 heavy (non-hydrogen) atoms. The zero-order valence-electron chi connectivity index (χ0n) is 34.4. The quantitative estimate of drug-likeness (QED) is 0.142. The summed E-state index contributed by atoms with van der Waals surface area (Å²) in [5.41, 5.74) is 7.62. The van der Waals surface area contributed by atoms with Crippen LogP contribution in [0.25, 0.3) is 66.1 Å². The highest BCUT2D eigenvalue weighted by molar-refractivity contribution is 5.99. The molecule has 2 unspecified atom stereocenters. The second-order valence-corrected chi connectivity index (χ2v) is 16.4. The maximum Gasteiger partial charge on any atom is 0.227 e. The summed E-state index contributed by atoms with van der Waals surface area (Å²) < 4.78 is 0. The van der Waals surface area contributed by atoms with Crippen LogP contribution in [0.2, 0.25) is 0 Å². The molecule has 1 fully saturated rings. The van der Waals surface area contributed by atoms with Crippen molar-refractivity contribution in [3.05, 3.63) is 188 Å². The van der Waals surface area contributed by atoms with Crippen molar-refractivity contribution in [1.82, 2.24) is 15.0 Å². The van der Waals surface area contributed by atoms with Crippen molar-refractivity contribution in [1.29, 1.82) is 0 Å². The van der Waals surface area contributed by atoms with Gasteiger partial charge in [0.15, 0.2) is 0 Å². The summed E-state index contributed by atoms with van der Waals surface area (Å²) in [7, 11) is 0. The first-order valence-electron chi connectivity index (χ1n) is 21.4. The largest absolute Gasteiger partial charge is 0.326 e. The third-order valence-corrected chi connectivity index (χ3v) is 12.4. The van der Waals surface area contributed by atoms with Gasteiger partial charge in [0.05, 0.1) is 17.1 Å². The summed E-state index contributed by atoms with van der Waals surface area (Å²) in [5, 5.41) is 12.7. The Morgan fingerprint density at radius 2 is 0.762 bits per heavy atom. The highest BCUT2D eigenvalue weighted by Crippen LogP contribution is 2.37. The lowest BCUT2D eigenvalue weighted by Crippen LogP contribution is -2.39. The lowest BCUT2D eigenvalue weighted by atomic mass is 9.72. The van der Waals surface area contributed by atoms with Crippen molar-refractivity contribution in [3.8, 4) is 33.8 Å². The summed E-state index contributed by atoms with van der Waals surface area (Å²) in [6, 6.07) is 53.7. The van der Waals surface area contributed by atoms with E-state index in [1.807, 2.05) is 134 Å². The molecular weight excluding hydrogens is 779 g/mol. The fraction of sp³-hybridized carbons (Fsp3) is 0.127. The number of nitrogens with one attached hydrogen (secondary N) is 2. The summed E-state index contributed by atoms with van der Waals surface area (Å²) in [5.74, 6) is -1.99. The minimum Gasteiger partial charge on any atom is -0.326 e. The van der Waals surface area contributed by atoms with E-state index in [-0.39, 0.29) is 24.0 Å². The van der Waals surface area contributed by atoms with Crippen molar-refractivity contribution < 1.29 is 14.4 Å². The molecule has 8 nitrogen and oxygen atoms in total. The summed E-state index contributed by atoms with van der Waals surface area (Å²) in [6.45, 7) is 0. The first-order chi connectivity index (χ1) is 30.9. The van der Waals surface area contributed by atoms with Crippen LogP contribution in [0.5, 0.6) is 0 Å². The first-order valence-corrected chi connectivity index (χ1v) is 21.4. The number of Topliss-reactive ketones (excluding diaryl/α,β-unsaturated/α-hetero) is 1. The molecule has 306 valence electrons. The van der Waals surface area contributed by atoms with E-state index in [4.69, 9.17) is 0 Å². The van der Waals surface area contributed by atoms with Crippen LogP contribution < -0.4 is 10.6 Å². The molecule has 2 atom stereocenters. The Morgan fingerprint density at radius 3 is 1.16 bits per heavy atom. The van der Waals surface area contributed by atoms with Gasteiger partial charge >= 0.3 is 0 Å². The van der Waals surface area contributed by atoms with E-state index in [1.54, 1.807) is 12.4 Å². The number of amides is 2. The molecule has 0 saturated heterocycles. The Bertz CT molecular complexity index is 2790. The van der Waals surface area contributed by atoms with Crippen molar-refractivity contribution in [2.45, 2.75) is 25.7 Å². The molecule has 3 heterocycles. The number of nitrogens with zero attached hydrogens (tertiary/aromatic N) is 3. The van der Waals surface area contributed by atoms with Gasteiger partial charge in [-0.1, -0.05) is 121 Å². The number of fused-ring (bicyclic) bond motifs is 3. The molecule has 0 aliphatic heterocycles. The average Bonchev–Trinajstić information content (AvgIpc) is 3.34. The van der Waals surface area contributed by atoms with Crippen molar-refractivity contribution in [2.24, 2.45) is 17.8 Å². The van der Waals surface area contributed by atoms with E-state index < -0.39 is 17.8 Å². The monoisotopic (exact) mass is 821 g/mol. The predicted molar refractivity (Wildman–Crippen MR) is 252 cm³/mol. The predicted octanol–water partition coefficient (Wildman–Crippen LogP) is 11.8. The van der Waals surface area contributed by atoms with Gasteiger partial charge in [0.2, 0.25) is 11.8 Å². The molecular formula is C55H43N5O3. The number of pyridine rings is 3. The standard InChI is InChI=1S/C55H43N5O3/c61-50(31-35-13-15-39(16-14-35)51-47-10-4-1-7-36(47)25-28-56-51)42-32-43(54(62)59-45-21-17-40(18-22-45)52-48-11-5-2-8-37(48)26-29-57-52)34-44(33-42)55(63)60-46-23-19-41(20-24-46)53-49-12-6-3-9-38(49)27-30-58-53/h1-30,42-44H,31-34H2,(H,59,62)(H,60,63). The first kappa shape index (κ1) is 39.3. The van der Waals surface area contributed by atoms with Crippen LogP contribution in [0.3, 0.4) is 0 Å². The second-order valence-electron chi connectivity index (χ2n) is 16.4. The molecule has 1 aliphatic rings. The van der Waals surface area contributed by atoms with Gasteiger partial charge in [-0.25, -0.2) is 0 Å². The lowest BCUT2D eigenvalue weighted by molar-refractivity contribution is -0.130. The third-order valence-electron chi connectivity index (χ3n) is 12.4. The molecule has 0 spiro atoms. The number of rotatable bonds is 10. The topological polar surface area (TPSA) is 114 Å². The number of hydrogen-bond donors (Lipinski definition) is 2. The van der Waals surface area contributed by atoms with Crippen molar-refractivity contribution >= 4 is 61.3 Å². The molecule has 10 rings (SSSR count). The summed E-state index contributed by atoms with van der Waals surface area (Å²) in [6.07, 6.45) is 6.66. The van der Waals surface area contributed by atoms with Crippen LogP contribution in [-0.2, 0) is 20.8 Å². The Hall–Kier alpha value is -7.84. The fourth-order valence-electron chi connectivity index (χ4n) is 9.10. The van der Waals surface area contributed by atoms with Crippen LogP contribution in [0, 0.1) is 17.8 Å².